The number of nitriles is 1. The molecule has 6 heteroatoms. The molecule has 3 N–H and O–H groups in total. The third kappa shape index (κ3) is 4.33. The highest BCUT2D eigenvalue weighted by molar-refractivity contribution is 9.10. The van der Waals surface area contributed by atoms with Crippen LogP contribution in [0.15, 0.2) is 22.7 Å². The Bertz CT molecular complexity index is 473. The molecule has 1 aromatic carbocycles. The molecule has 0 aliphatic heterocycles. The summed E-state index contributed by atoms with van der Waals surface area (Å²) < 4.78 is 0.795. The van der Waals surface area contributed by atoms with Gasteiger partial charge in [0.25, 0.3) is 0 Å². The lowest BCUT2D eigenvalue weighted by atomic mass is 10.1. The minimum absolute atomic E-state index is 0.261. The Labute approximate surface area is 119 Å². The van der Waals surface area contributed by atoms with Crippen LogP contribution in [0.25, 0.3) is 0 Å². The molecular weight excluding hydrogens is 314 g/mol. The number of hydrogen-bond donors (Lipinski definition) is 2. The fourth-order valence-electron chi connectivity index (χ4n) is 1.32. The van der Waals surface area contributed by atoms with Gasteiger partial charge in [-0.3, -0.25) is 4.79 Å². The van der Waals surface area contributed by atoms with E-state index in [1.54, 1.807) is 30.0 Å². The fourth-order valence-corrected chi connectivity index (χ4v) is 2.17. The van der Waals surface area contributed by atoms with Crippen LogP contribution >= 0.6 is 27.7 Å². The van der Waals surface area contributed by atoms with Gasteiger partial charge < -0.3 is 11.1 Å². The summed E-state index contributed by atoms with van der Waals surface area (Å²) in [6.07, 6.45) is 2.58. The van der Waals surface area contributed by atoms with Gasteiger partial charge >= 0.3 is 0 Å². The number of carbonyl (C=O) groups excluding carboxylic acids is 1. The summed E-state index contributed by atoms with van der Waals surface area (Å²) in [5.41, 5.74) is 6.66. The van der Waals surface area contributed by atoms with E-state index in [-0.39, 0.29) is 5.91 Å². The molecule has 0 aromatic heterocycles. The molecule has 0 aliphatic carbocycles. The van der Waals surface area contributed by atoms with E-state index in [4.69, 9.17) is 11.0 Å². The van der Waals surface area contributed by atoms with Crippen molar-refractivity contribution in [3.8, 4) is 6.07 Å². The molecule has 4 nitrogen and oxygen atoms in total. The van der Waals surface area contributed by atoms with Crippen molar-refractivity contribution in [3.05, 3.63) is 28.2 Å². The Balaban J connectivity index is 2.73. The zero-order valence-electron chi connectivity index (χ0n) is 9.94. The number of hydrogen-bond acceptors (Lipinski definition) is 4. The second-order valence-electron chi connectivity index (χ2n) is 3.68. The standard InChI is InChI=1S/C12H14BrN3OS/c1-18-5-4-10(15)12(17)16-11-3-2-9(13)6-8(11)7-14/h2-3,6,10H,4-5,15H2,1H3,(H,16,17)/t10-/m1/s1. The van der Waals surface area contributed by atoms with Crippen LogP contribution in [0.4, 0.5) is 5.69 Å². The van der Waals surface area contributed by atoms with Crippen molar-refractivity contribution in [1.29, 1.82) is 5.26 Å². The van der Waals surface area contributed by atoms with Gasteiger partial charge in [-0.2, -0.15) is 17.0 Å². The topological polar surface area (TPSA) is 78.9 Å². The first-order valence-electron chi connectivity index (χ1n) is 5.33. The first-order valence-corrected chi connectivity index (χ1v) is 7.52. The largest absolute Gasteiger partial charge is 0.324 e. The molecule has 0 heterocycles. The van der Waals surface area contributed by atoms with E-state index in [0.29, 0.717) is 17.7 Å². The quantitative estimate of drug-likeness (QED) is 0.869. The second kappa shape index (κ2) is 7.41. The molecule has 1 aromatic rings. The Hall–Kier alpha value is -1.03. The van der Waals surface area contributed by atoms with Crippen molar-refractivity contribution in [3.63, 3.8) is 0 Å². The normalized spacial score (nSPS) is 11.7. The number of halogens is 1. The van der Waals surface area contributed by atoms with E-state index in [0.717, 1.165) is 10.2 Å². The molecule has 0 spiro atoms. The van der Waals surface area contributed by atoms with Crippen molar-refractivity contribution in [2.75, 3.05) is 17.3 Å². The molecule has 0 saturated carbocycles. The molecule has 18 heavy (non-hydrogen) atoms. The monoisotopic (exact) mass is 327 g/mol. The van der Waals surface area contributed by atoms with Crippen molar-refractivity contribution in [1.82, 2.24) is 0 Å². The van der Waals surface area contributed by atoms with E-state index in [2.05, 4.69) is 21.2 Å². The molecule has 0 unspecified atom stereocenters. The molecule has 0 fully saturated rings. The number of nitrogens with one attached hydrogen (secondary N) is 1. The van der Waals surface area contributed by atoms with Crippen molar-refractivity contribution in [2.24, 2.45) is 5.73 Å². The third-order valence-corrected chi connectivity index (χ3v) is 3.47. The molecule has 0 saturated heterocycles. The average molecular weight is 328 g/mol. The lowest BCUT2D eigenvalue weighted by molar-refractivity contribution is -0.117. The highest BCUT2D eigenvalue weighted by Crippen LogP contribution is 2.20. The maximum atomic E-state index is 11.8. The zero-order valence-corrected chi connectivity index (χ0v) is 12.3. The van der Waals surface area contributed by atoms with Crippen LogP contribution in [0.5, 0.6) is 0 Å². The summed E-state index contributed by atoms with van der Waals surface area (Å²) >= 11 is 4.92. The first kappa shape index (κ1) is 15.0. The number of anilines is 1. The summed E-state index contributed by atoms with van der Waals surface area (Å²) in [7, 11) is 0. The van der Waals surface area contributed by atoms with Gasteiger partial charge in [-0.25, -0.2) is 0 Å². The van der Waals surface area contributed by atoms with Crippen LogP contribution in [-0.4, -0.2) is 24.0 Å². The smallest absolute Gasteiger partial charge is 0.241 e. The van der Waals surface area contributed by atoms with Gasteiger partial charge in [0.1, 0.15) is 6.07 Å². The minimum atomic E-state index is -0.548. The van der Waals surface area contributed by atoms with Crippen LogP contribution in [-0.2, 0) is 4.79 Å². The van der Waals surface area contributed by atoms with Crippen LogP contribution < -0.4 is 11.1 Å². The molecule has 0 bridgehead atoms. The number of amides is 1. The Morgan fingerprint density at radius 1 is 1.67 bits per heavy atom. The molecule has 96 valence electrons. The van der Waals surface area contributed by atoms with Gasteiger partial charge in [0, 0.05) is 4.47 Å². The van der Waals surface area contributed by atoms with E-state index in [9.17, 15) is 4.79 Å². The van der Waals surface area contributed by atoms with Gasteiger partial charge in [0.05, 0.1) is 17.3 Å². The molecule has 0 radical (unpaired) electrons. The summed E-state index contributed by atoms with van der Waals surface area (Å²) in [5, 5.41) is 11.7. The number of nitrogens with zero attached hydrogens (tertiary/aromatic N) is 1. The summed E-state index contributed by atoms with van der Waals surface area (Å²) in [5.74, 6) is 0.572. The average Bonchev–Trinajstić information content (AvgIpc) is 2.37. The third-order valence-electron chi connectivity index (χ3n) is 2.33. The molecular formula is C12H14BrN3OS. The molecule has 1 atom stereocenters. The summed E-state index contributed by atoms with van der Waals surface area (Å²) in [6, 6.07) is 6.59. The Morgan fingerprint density at radius 2 is 2.39 bits per heavy atom. The van der Waals surface area contributed by atoms with Gasteiger partial charge in [-0.15, -0.1) is 0 Å². The number of benzene rings is 1. The highest BCUT2D eigenvalue weighted by atomic mass is 79.9. The van der Waals surface area contributed by atoms with Crippen LogP contribution in [0.2, 0.25) is 0 Å². The minimum Gasteiger partial charge on any atom is -0.324 e. The van der Waals surface area contributed by atoms with Gasteiger partial charge in [0.15, 0.2) is 0 Å². The van der Waals surface area contributed by atoms with Gasteiger partial charge in [0.2, 0.25) is 5.91 Å². The van der Waals surface area contributed by atoms with E-state index in [1.807, 2.05) is 12.3 Å². The van der Waals surface area contributed by atoms with Crippen LogP contribution in [0, 0.1) is 11.3 Å². The Kier molecular flexibility index (Phi) is 6.19. The van der Waals surface area contributed by atoms with E-state index >= 15 is 0 Å². The van der Waals surface area contributed by atoms with Gasteiger partial charge in [-0.1, -0.05) is 15.9 Å². The fraction of sp³-hybridized carbons (Fsp3) is 0.333. The lowest BCUT2D eigenvalue weighted by Gasteiger charge is -2.12. The number of thioether (sulfide) groups is 1. The van der Waals surface area contributed by atoms with Gasteiger partial charge in [-0.05, 0) is 36.6 Å². The molecule has 1 amide bonds. The predicted octanol–water partition coefficient (Wildman–Crippen LogP) is 2.34. The first-order chi connectivity index (χ1) is 8.58. The van der Waals surface area contributed by atoms with Crippen LogP contribution in [0.1, 0.15) is 12.0 Å². The Morgan fingerprint density at radius 3 is 3.00 bits per heavy atom. The maximum Gasteiger partial charge on any atom is 0.241 e. The van der Waals surface area contributed by atoms with E-state index < -0.39 is 6.04 Å². The zero-order chi connectivity index (χ0) is 13.5. The number of nitrogens with two attached hydrogens (primary N) is 1. The summed E-state index contributed by atoms with van der Waals surface area (Å²) in [6.45, 7) is 0. The lowest BCUT2D eigenvalue weighted by Crippen LogP contribution is -2.36. The maximum absolute atomic E-state index is 11.8. The second-order valence-corrected chi connectivity index (χ2v) is 5.58. The SMILES string of the molecule is CSCC[C@@H](N)C(=O)Nc1ccc(Br)cc1C#N. The van der Waals surface area contributed by atoms with Crippen molar-refractivity contribution < 1.29 is 4.79 Å². The molecule has 1 rings (SSSR count). The number of rotatable bonds is 5. The highest BCUT2D eigenvalue weighted by Gasteiger charge is 2.14. The summed E-state index contributed by atoms with van der Waals surface area (Å²) in [4.78, 5) is 11.8. The number of carbonyl (C=O) groups is 1. The predicted molar refractivity (Wildman–Crippen MR) is 78.5 cm³/mol. The van der Waals surface area contributed by atoms with Crippen LogP contribution in [0.3, 0.4) is 0 Å². The van der Waals surface area contributed by atoms with Crippen molar-refractivity contribution >= 4 is 39.3 Å². The van der Waals surface area contributed by atoms with E-state index in [1.165, 1.54) is 0 Å². The molecule has 0 aliphatic rings. The van der Waals surface area contributed by atoms with Crippen molar-refractivity contribution in [2.45, 2.75) is 12.5 Å².